The van der Waals surface area contributed by atoms with Crippen molar-refractivity contribution in [1.82, 2.24) is 9.27 Å². The minimum Gasteiger partial charge on any atom is -0.374 e. The third kappa shape index (κ3) is 3.78. The van der Waals surface area contributed by atoms with Gasteiger partial charge < -0.3 is 10.2 Å². The van der Waals surface area contributed by atoms with Gasteiger partial charge in [0, 0.05) is 19.1 Å². The highest BCUT2D eigenvalue weighted by atomic mass is 32.1. The SMILES string of the molecule is CC(=O)c1c(C)nsc1NCCN(C)C(C)C. The van der Waals surface area contributed by atoms with Gasteiger partial charge >= 0.3 is 0 Å². The van der Waals surface area contributed by atoms with Crippen LogP contribution in [0, 0.1) is 6.92 Å². The topological polar surface area (TPSA) is 45.2 Å². The van der Waals surface area contributed by atoms with Gasteiger partial charge in [-0.2, -0.15) is 4.37 Å². The molecule has 0 fully saturated rings. The summed E-state index contributed by atoms with van der Waals surface area (Å²) in [4.78, 5) is 13.7. The number of carbonyl (C=O) groups excluding carboxylic acids is 1. The molecular formula is C12H21N3OS. The summed E-state index contributed by atoms with van der Waals surface area (Å²) >= 11 is 1.36. The fourth-order valence-corrected chi connectivity index (χ4v) is 2.38. The van der Waals surface area contributed by atoms with E-state index in [1.165, 1.54) is 11.5 Å². The van der Waals surface area contributed by atoms with Crippen LogP contribution in [0.25, 0.3) is 0 Å². The van der Waals surface area contributed by atoms with Gasteiger partial charge in [-0.1, -0.05) is 0 Å². The maximum atomic E-state index is 11.5. The molecule has 0 bridgehead atoms. The average molecular weight is 255 g/mol. The normalized spacial score (nSPS) is 11.2. The number of nitrogens with one attached hydrogen (secondary N) is 1. The van der Waals surface area contributed by atoms with Gasteiger partial charge in [-0.05, 0) is 46.3 Å². The van der Waals surface area contributed by atoms with E-state index < -0.39 is 0 Å². The third-order valence-corrected chi connectivity index (χ3v) is 3.74. The summed E-state index contributed by atoms with van der Waals surface area (Å²) < 4.78 is 4.22. The van der Waals surface area contributed by atoms with Crippen molar-refractivity contribution in [3.05, 3.63) is 11.3 Å². The number of nitrogens with zero attached hydrogens (tertiary/aromatic N) is 2. The lowest BCUT2D eigenvalue weighted by Gasteiger charge is -2.21. The number of anilines is 1. The predicted molar refractivity (Wildman–Crippen MR) is 73.1 cm³/mol. The number of aryl methyl sites for hydroxylation is 1. The molecule has 0 atom stereocenters. The van der Waals surface area contributed by atoms with E-state index in [9.17, 15) is 4.79 Å². The fraction of sp³-hybridized carbons (Fsp3) is 0.667. The Balaban J connectivity index is 2.55. The minimum atomic E-state index is 0.0796. The maximum Gasteiger partial charge on any atom is 0.164 e. The van der Waals surface area contributed by atoms with Gasteiger partial charge in [-0.15, -0.1) is 0 Å². The molecule has 0 aromatic carbocycles. The molecule has 1 heterocycles. The van der Waals surface area contributed by atoms with Crippen LogP contribution in [0.4, 0.5) is 5.00 Å². The first kappa shape index (κ1) is 14.1. The summed E-state index contributed by atoms with van der Waals surface area (Å²) in [7, 11) is 2.09. The summed E-state index contributed by atoms with van der Waals surface area (Å²) in [6.07, 6.45) is 0. The summed E-state index contributed by atoms with van der Waals surface area (Å²) in [5, 5.41) is 4.19. The highest BCUT2D eigenvalue weighted by Gasteiger charge is 2.14. The van der Waals surface area contributed by atoms with Crippen molar-refractivity contribution in [2.45, 2.75) is 33.7 Å². The van der Waals surface area contributed by atoms with Crippen LogP contribution in [0.2, 0.25) is 0 Å². The average Bonchev–Trinajstić information content (AvgIpc) is 2.59. The Hall–Kier alpha value is -0.940. The van der Waals surface area contributed by atoms with Crippen LogP contribution in [0.3, 0.4) is 0 Å². The molecule has 0 aliphatic rings. The first-order valence-electron chi connectivity index (χ1n) is 5.84. The van der Waals surface area contributed by atoms with Crippen LogP contribution in [0.15, 0.2) is 0 Å². The largest absolute Gasteiger partial charge is 0.374 e. The monoisotopic (exact) mass is 255 g/mol. The Morgan fingerprint density at radius 2 is 2.18 bits per heavy atom. The van der Waals surface area contributed by atoms with Gasteiger partial charge in [0.2, 0.25) is 0 Å². The van der Waals surface area contributed by atoms with Crippen molar-refractivity contribution in [3.8, 4) is 0 Å². The van der Waals surface area contributed by atoms with E-state index in [1.807, 2.05) is 6.92 Å². The summed E-state index contributed by atoms with van der Waals surface area (Å²) in [5.41, 5.74) is 1.56. The van der Waals surface area contributed by atoms with Gasteiger partial charge in [0.15, 0.2) is 5.78 Å². The van der Waals surface area contributed by atoms with Crippen molar-refractivity contribution < 1.29 is 4.79 Å². The van der Waals surface area contributed by atoms with Gasteiger partial charge in [-0.3, -0.25) is 4.79 Å². The predicted octanol–water partition coefficient (Wildman–Crippen LogP) is 2.41. The quantitative estimate of drug-likeness (QED) is 0.793. The lowest BCUT2D eigenvalue weighted by atomic mass is 10.2. The highest BCUT2D eigenvalue weighted by molar-refractivity contribution is 7.10. The zero-order chi connectivity index (χ0) is 13.0. The van der Waals surface area contributed by atoms with Crippen molar-refractivity contribution >= 4 is 22.3 Å². The lowest BCUT2D eigenvalue weighted by Crippen LogP contribution is -2.31. The van der Waals surface area contributed by atoms with E-state index in [2.05, 4.69) is 35.5 Å². The number of carbonyl (C=O) groups is 1. The number of hydrogen-bond donors (Lipinski definition) is 1. The van der Waals surface area contributed by atoms with E-state index >= 15 is 0 Å². The first-order chi connectivity index (χ1) is 7.93. The molecule has 0 aliphatic heterocycles. The number of hydrogen-bond acceptors (Lipinski definition) is 5. The molecule has 1 aromatic rings. The van der Waals surface area contributed by atoms with Crippen molar-refractivity contribution in [3.63, 3.8) is 0 Å². The molecule has 1 rings (SSSR count). The number of aromatic nitrogens is 1. The molecule has 0 aliphatic carbocycles. The van der Waals surface area contributed by atoms with E-state index in [4.69, 9.17) is 0 Å². The molecule has 1 aromatic heterocycles. The van der Waals surface area contributed by atoms with Crippen molar-refractivity contribution in [2.75, 3.05) is 25.5 Å². The summed E-state index contributed by atoms with van der Waals surface area (Å²) in [6.45, 7) is 9.57. The number of ketones is 1. The van der Waals surface area contributed by atoms with Crippen LogP contribution in [-0.4, -0.2) is 41.2 Å². The molecule has 4 nitrogen and oxygen atoms in total. The van der Waals surface area contributed by atoms with Crippen LogP contribution < -0.4 is 5.32 Å². The molecule has 0 spiro atoms. The molecule has 1 N–H and O–H groups in total. The second kappa shape index (κ2) is 6.12. The molecule has 0 saturated carbocycles. The third-order valence-electron chi connectivity index (χ3n) is 2.85. The van der Waals surface area contributed by atoms with Gasteiger partial charge in [0.1, 0.15) is 5.00 Å². The van der Waals surface area contributed by atoms with Crippen LogP contribution in [-0.2, 0) is 0 Å². The van der Waals surface area contributed by atoms with Crippen LogP contribution in [0.1, 0.15) is 36.8 Å². The van der Waals surface area contributed by atoms with E-state index in [1.54, 1.807) is 6.92 Å². The Kier molecular flexibility index (Phi) is 5.08. The van der Waals surface area contributed by atoms with Crippen molar-refractivity contribution in [1.29, 1.82) is 0 Å². The van der Waals surface area contributed by atoms with Crippen LogP contribution in [0.5, 0.6) is 0 Å². The molecule has 0 unspecified atom stereocenters. The Labute approximate surface area is 107 Å². The Bertz CT molecular complexity index is 387. The second-order valence-corrected chi connectivity index (χ2v) is 5.30. The molecule has 0 saturated heterocycles. The van der Waals surface area contributed by atoms with E-state index in [0.717, 1.165) is 29.3 Å². The summed E-state index contributed by atoms with van der Waals surface area (Å²) in [6, 6.07) is 0.535. The summed E-state index contributed by atoms with van der Waals surface area (Å²) in [5.74, 6) is 0.0796. The Morgan fingerprint density at radius 3 is 2.71 bits per heavy atom. The highest BCUT2D eigenvalue weighted by Crippen LogP contribution is 2.24. The Morgan fingerprint density at radius 1 is 1.53 bits per heavy atom. The molecule has 0 radical (unpaired) electrons. The number of Topliss-reactive ketones (excluding diaryl/α,β-unsaturated/α-hetero) is 1. The number of likely N-dealkylation sites (N-methyl/N-ethyl adjacent to an activating group) is 1. The fourth-order valence-electron chi connectivity index (χ4n) is 1.51. The molecule has 17 heavy (non-hydrogen) atoms. The zero-order valence-electron chi connectivity index (χ0n) is 11.2. The zero-order valence-corrected chi connectivity index (χ0v) is 12.0. The molecule has 5 heteroatoms. The molecule has 96 valence electrons. The second-order valence-electron chi connectivity index (χ2n) is 4.53. The maximum absolute atomic E-state index is 11.5. The first-order valence-corrected chi connectivity index (χ1v) is 6.62. The molecular weight excluding hydrogens is 234 g/mol. The van der Waals surface area contributed by atoms with Gasteiger partial charge in [0.05, 0.1) is 11.3 Å². The smallest absolute Gasteiger partial charge is 0.164 e. The van der Waals surface area contributed by atoms with E-state index in [-0.39, 0.29) is 5.78 Å². The van der Waals surface area contributed by atoms with Crippen molar-refractivity contribution in [2.24, 2.45) is 0 Å². The van der Waals surface area contributed by atoms with Crippen LogP contribution >= 0.6 is 11.5 Å². The standard InChI is InChI=1S/C12H21N3OS/c1-8(2)15(5)7-6-13-12-11(10(4)16)9(3)14-17-12/h8,13H,6-7H2,1-5H3. The molecule has 0 amide bonds. The minimum absolute atomic E-state index is 0.0796. The van der Waals surface area contributed by atoms with Gasteiger partial charge in [0.25, 0.3) is 0 Å². The number of rotatable bonds is 6. The van der Waals surface area contributed by atoms with E-state index in [0.29, 0.717) is 6.04 Å². The lowest BCUT2D eigenvalue weighted by molar-refractivity contribution is 0.101. The van der Waals surface area contributed by atoms with Gasteiger partial charge in [-0.25, -0.2) is 0 Å².